The van der Waals surface area contributed by atoms with Gasteiger partial charge in [0.25, 0.3) is 5.78 Å². The Morgan fingerprint density at radius 3 is 2.62 bits per heavy atom. The number of nitrogens with one attached hydrogen (secondary N) is 1. The Morgan fingerprint density at radius 2 is 1.91 bits per heavy atom. The van der Waals surface area contributed by atoms with Crippen LogP contribution in [0.25, 0.3) is 5.78 Å². The first kappa shape index (κ1) is 21.6. The molecule has 1 aromatic carbocycles. The molecule has 0 unspecified atom stereocenters. The number of thioether (sulfide) groups is 1. The van der Waals surface area contributed by atoms with E-state index in [4.69, 9.17) is 0 Å². The smallest absolute Gasteiger partial charge is 0.253 e. The highest BCUT2D eigenvalue weighted by atomic mass is 32.2. The number of hydrogen-bond acceptors (Lipinski definition) is 6. The molecule has 9 heteroatoms. The minimum Gasteiger partial charge on any atom is -0.326 e. The van der Waals surface area contributed by atoms with Gasteiger partial charge in [-0.2, -0.15) is 10.2 Å². The van der Waals surface area contributed by atoms with Crippen molar-refractivity contribution in [1.82, 2.24) is 24.1 Å². The number of carbonyl (C=O) groups is 1. The molecule has 4 aromatic rings. The quantitative estimate of drug-likeness (QED) is 0.453. The van der Waals surface area contributed by atoms with Crippen LogP contribution in [-0.4, -0.2) is 35.8 Å². The van der Waals surface area contributed by atoms with E-state index in [-0.39, 0.29) is 11.7 Å². The van der Waals surface area contributed by atoms with E-state index < -0.39 is 0 Å². The van der Waals surface area contributed by atoms with Gasteiger partial charge < -0.3 is 9.88 Å². The second-order valence-corrected chi connectivity index (χ2v) is 8.54. The lowest BCUT2D eigenvalue weighted by Crippen LogP contribution is -2.18. The van der Waals surface area contributed by atoms with Gasteiger partial charge in [-0.1, -0.05) is 42.1 Å². The zero-order chi connectivity index (χ0) is 22.8. The van der Waals surface area contributed by atoms with E-state index in [1.807, 2.05) is 68.7 Å². The van der Waals surface area contributed by atoms with Crippen molar-refractivity contribution in [2.75, 3.05) is 11.1 Å². The van der Waals surface area contributed by atoms with E-state index in [1.165, 1.54) is 11.8 Å². The van der Waals surface area contributed by atoms with Crippen LogP contribution in [0.3, 0.4) is 0 Å². The average Bonchev–Trinajstić information content (AvgIpc) is 3.27. The largest absolute Gasteiger partial charge is 0.326 e. The lowest BCUT2D eigenvalue weighted by atomic mass is 10.2. The van der Waals surface area contributed by atoms with Gasteiger partial charge in [0, 0.05) is 23.6 Å². The van der Waals surface area contributed by atoms with Crippen LogP contribution in [0.15, 0.2) is 41.6 Å². The summed E-state index contributed by atoms with van der Waals surface area (Å²) in [5.41, 5.74) is 5.19. The summed E-state index contributed by atoms with van der Waals surface area (Å²) in [4.78, 5) is 21.6. The number of fused-ring (bicyclic) bond motifs is 1. The summed E-state index contributed by atoms with van der Waals surface area (Å²) in [5.74, 6) is 0.931. The Balaban J connectivity index is 1.53. The number of rotatable bonds is 6. The summed E-state index contributed by atoms with van der Waals surface area (Å²) in [5, 5.41) is 17.5. The van der Waals surface area contributed by atoms with Crippen LogP contribution in [0.5, 0.6) is 0 Å². The predicted octanol–water partition coefficient (Wildman–Crippen LogP) is 3.81. The van der Waals surface area contributed by atoms with Gasteiger partial charge in [-0.3, -0.25) is 4.79 Å². The Kier molecular flexibility index (Phi) is 5.97. The molecule has 0 aliphatic carbocycles. The summed E-state index contributed by atoms with van der Waals surface area (Å²) in [6.45, 7) is 8.27. The molecule has 0 aliphatic rings. The van der Waals surface area contributed by atoms with E-state index in [0.717, 1.165) is 28.2 Å². The van der Waals surface area contributed by atoms with Gasteiger partial charge in [0.15, 0.2) is 0 Å². The van der Waals surface area contributed by atoms with Crippen LogP contribution in [0.1, 0.15) is 33.8 Å². The molecule has 1 amide bonds. The zero-order valence-corrected chi connectivity index (χ0v) is 19.2. The van der Waals surface area contributed by atoms with Gasteiger partial charge in [0.2, 0.25) is 11.1 Å². The van der Waals surface area contributed by atoms with E-state index in [0.29, 0.717) is 28.9 Å². The highest BCUT2D eigenvalue weighted by Crippen LogP contribution is 2.28. The molecule has 3 heterocycles. The van der Waals surface area contributed by atoms with Crippen LogP contribution in [0.4, 0.5) is 5.82 Å². The van der Waals surface area contributed by atoms with Crippen molar-refractivity contribution < 1.29 is 4.79 Å². The highest BCUT2D eigenvalue weighted by Gasteiger charge is 2.20. The van der Waals surface area contributed by atoms with E-state index in [1.54, 1.807) is 4.52 Å². The van der Waals surface area contributed by atoms with Crippen molar-refractivity contribution in [3.8, 4) is 6.07 Å². The summed E-state index contributed by atoms with van der Waals surface area (Å²) < 4.78 is 3.64. The highest BCUT2D eigenvalue weighted by molar-refractivity contribution is 7.99. The number of carbonyl (C=O) groups excluding carboxylic acids is 1. The normalized spacial score (nSPS) is 11.0. The molecular formula is C23H23N7OS. The molecule has 4 rings (SSSR count). The molecule has 8 nitrogen and oxygen atoms in total. The summed E-state index contributed by atoms with van der Waals surface area (Å²) >= 11 is 1.24. The van der Waals surface area contributed by atoms with Crippen LogP contribution in [-0.2, 0) is 11.3 Å². The first-order valence-electron chi connectivity index (χ1n) is 10.1. The van der Waals surface area contributed by atoms with Gasteiger partial charge in [-0.15, -0.1) is 5.10 Å². The van der Waals surface area contributed by atoms with Crippen molar-refractivity contribution in [1.29, 1.82) is 5.26 Å². The third-order valence-corrected chi connectivity index (χ3v) is 6.15. The maximum absolute atomic E-state index is 12.8. The zero-order valence-electron chi connectivity index (χ0n) is 18.4. The molecular weight excluding hydrogens is 422 g/mol. The Morgan fingerprint density at radius 1 is 1.16 bits per heavy atom. The van der Waals surface area contributed by atoms with Crippen LogP contribution >= 0.6 is 11.8 Å². The molecule has 32 heavy (non-hydrogen) atoms. The van der Waals surface area contributed by atoms with E-state index >= 15 is 0 Å². The molecule has 0 radical (unpaired) electrons. The SMILES string of the molecule is Cc1cc(C)n2nc(SCC(=O)Nc3c(C#N)c(C)c(C)n3Cc3ccccc3)nc2n1. The number of nitriles is 1. The maximum Gasteiger partial charge on any atom is 0.253 e. The molecule has 1 N–H and O–H groups in total. The van der Waals surface area contributed by atoms with Crippen molar-refractivity contribution >= 4 is 29.3 Å². The van der Waals surface area contributed by atoms with Gasteiger partial charge >= 0.3 is 0 Å². The maximum atomic E-state index is 12.8. The first-order chi connectivity index (χ1) is 15.4. The Bertz CT molecular complexity index is 1350. The molecule has 0 aliphatic heterocycles. The van der Waals surface area contributed by atoms with Crippen LogP contribution in [0.2, 0.25) is 0 Å². The fraction of sp³-hybridized carbons (Fsp3) is 0.261. The number of nitrogens with zero attached hydrogens (tertiary/aromatic N) is 6. The number of amides is 1. The molecule has 0 saturated heterocycles. The molecule has 3 aromatic heterocycles. The number of hydrogen-bond donors (Lipinski definition) is 1. The lowest BCUT2D eigenvalue weighted by molar-refractivity contribution is -0.113. The average molecular weight is 446 g/mol. The van der Waals surface area contributed by atoms with Crippen molar-refractivity contribution in [3.05, 3.63) is 70.2 Å². The monoisotopic (exact) mass is 445 g/mol. The van der Waals surface area contributed by atoms with Gasteiger partial charge in [0.1, 0.15) is 11.9 Å². The third kappa shape index (κ3) is 4.22. The van der Waals surface area contributed by atoms with Gasteiger partial charge in [-0.25, -0.2) is 9.50 Å². The van der Waals surface area contributed by atoms with Crippen molar-refractivity contribution in [2.45, 2.75) is 39.4 Å². The van der Waals surface area contributed by atoms with Gasteiger partial charge in [0.05, 0.1) is 11.3 Å². The number of anilines is 1. The molecule has 0 atom stereocenters. The van der Waals surface area contributed by atoms with Crippen molar-refractivity contribution in [3.63, 3.8) is 0 Å². The minimum absolute atomic E-state index is 0.119. The Labute approximate surface area is 190 Å². The number of aromatic nitrogens is 5. The second-order valence-electron chi connectivity index (χ2n) is 7.60. The van der Waals surface area contributed by atoms with E-state index in [9.17, 15) is 10.1 Å². The molecule has 0 fully saturated rings. The fourth-order valence-corrected chi connectivity index (χ4v) is 4.22. The molecule has 0 bridgehead atoms. The van der Waals surface area contributed by atoms with E-state index in [2.05, 4.69) is 26.5 Å². The lowest BCUT2D eigenvalue weighted by Gasteiger charge is -2.13. The standard InChI is InChI=1S/C23H23N7OS/c1-14-10-15(2)30-22(25-14)27-23(28-30)32-13-20(31)26-21-19(11-24)16(3)17(4)29(21)12-18-8-6-5-7-9-18/h5-10H,12-13H2,1-4H3,(H,26,31). The summed E-state index contributed by atoms with van der Waals surface area (Å²) in [7, 11) is 0. The first-order valence-corrected chi connectivity index (χ1v) is 11.1. The van der Waals surface area contributed by atoms with Crippen molar-refractivity contribution in [2.24, 2.45) is 0 Å². The molecule has 0 spiro atoms. The summed E-state index contributed by atoms with van der Waals surface area (Å²) in [6.07, 6.45) is 0. The van der Waals surface area contributed by atoms with Crippen LogP contribution < -0.4 is 5.32 Å². The number of benzene rings is 1. The van der Waals surface area contributed by atoms with Crippen LogP contribution in [0, 0.1) is 39.0 Å². The molecule has 162 valence electrons. The fourth-order valence-electron chi connectivity index (χ4n) is 3.60. The number of aryl methyl sites for hydroxylation is 2. The van der Waals surface area contributed by atoms with Gasteiger partial charge in [-0.05, 0) is 44.9 Å². The predicted molar refractivity (Wildman–Crippen MR) is 124 cm³/mol. The Hall–Kier alpha value is -3.64. The summed E-state index contributed by atoms with van der Waals surface area (Å²) in [6, 6.07) is 14.1. The molecule has 0 saturated carbocycles. The minimum atomic E-state index is -0.224. The third-order valence-electron chi connectivity index (χ3n) is 5.31. The topological polar surface area (TPSA) is 101 Å². The second kappa shape index (κ2) is 8.85.